The van der Waals surface area contributed by atoms with Gasteiger partial charge < -0.3 is 10.2 Å². The number of hydrogen-bond donors (Lipinski definition) is 1. The van der Waals surface area contributed by atoms with Crippen LogP contribution >= 0.6 is 12.4 Å². The molecule has 1 saturated carbocycles. The average Bonchev–Trinajstić information content (AvgIpc) is 2.28. The second-order valence-electron chi connectivity index (χ2n) is 5.32. The van der Waals surface area contributed by atoms with Crippen LogP contribution in [0.1, 0.15) is 39.5 Å². The molecule has 1 amide bonds. The molecule has 0 saturated heterocycles. The van der Waals surface area contributed by atoms with Crippen molar-refractivity contribution in [2.45, 2.75) is 45.6 Å². The topological polar surface area (TPSA) is 32.3 Å². The van der Waals surface area contributed by atoms with Crippen LogP contribution < -0.4 is 5.32 Å². The van der Waals surface area contributed by atoms with E-state index < -0.39 is 0 Å². The maximum atomic E-state index is 12.1. The zero-order valence-corrected chi connectivity index (χ0v) is 12.3. The molecule has 1 unspecified atom stereocenters. The highest BCUT2D eigenvalue weighted by Gasteiger charge is 2.26. The van der Waals surface area contributed by atoms with Gasteiger partial charge in [-0.05, 0) is 38.6 Å². The minimum absolute atomic E-state index is 0. The molecule has 1 atom stereocenters. The van der Waals surface area contributed by atoms with Crippen molar-refractivity contribution in [3.8, 4) is 0 Å². The predicted molar refractivity (Wildman–Crippen MR) is 74.5 cm³/mol. The van der Waals surface area contributed by atoms with Crippen LogP contribution in [0.4, 0.5) is 0 Å². The standard InChI is InChI=1S/C13H26N2O.ClH/c1-10-5-7-12(8-6-10)15(4)13(16)11(2)9-14-3;/h10-12,14H,5-9H2,1-4H3;1H. The molecule has 102 valence electrons. The molecule has 0 aromatic rings. The van der Waals surface area contributed by atoms with E-state index in [0.717, 1.165) is 12.5 Å². The van der Waals surface area contributed by atoms with Gasteiger partial charge in [-0.3, -0.25) is 4.79 Å². The van der Waals surface area contributed by atoms with Gasteiger partial charge in [0.15, 0.2) is 0 Å². The van der Waals surface area contributed by atoms with Gasteiger partial charge in [-0.15, -0.1) is 12.4 Å². The van der Waals surface area contributed by atoms with Crippen molar-refractivity contribution in [1.82, 2.24) is 10.2 Å². The fourth-order valence-corrected chi connectivity index (χ4v) is 2.55. The van der Waals surface area contributed by atoms with E-state index in [9.17, 15) is 4.79 Å². The lowest BCUT2D eigenvalue weighted by Crippen LogP contribution is -2.43. The van der Waals surface area contributed by atoms with Crippen LogP contribution in [0.25, 0.3) is 0 Å². The number of nitrogens with zero attached hydrogens (tertiary/aromatic N) is 1. The summed E-state index contributed by atoms with van der Waals surface area (Å²) in [6.07, 6.45) is 4.89. The molecule has 3 nitrogen and oxygen atoms in total. The lowest BCUT2D eigenvalue weighted by Gasteiger charge is -2.35. The first kappa shape index (κ1) is 16.7. The van der Waals surface area contributed by atoms with E-state index in [-0.39, 0.29) is 24.2 Å². The summed E-state index contributed by atoms with van der Waals surface area (Å²) in [5.41, 5.74) is 0. The Hall–Kier alpha value is -0.280. The third kappa shape index (κ3) is 4.84. The molecular weight excluding hydrogens is 236 g/mol. The van der Waals surface area contributed by atoms with Gasteiger partial charge in [0.1, 0.15) is 0 Å². The van der Waals surface area contributed by atoms with Crippen molar-refractivity contribution < 1.29 is 4.79 Å². The zero-order valence-electron chi connectivity index (χ0n) is 11.5. The first-order valence-corrected chi connectivity index (χ1v) is 6.47. The van der Waals surface area contributed by atoms with E-state index in [4.69, 9.17) is 0 Å². The Labute approximate surface area is 112 Å². The van der Waals surface area contributed by atoms with Crippen molar-refractivity contribution >= 4 is 18.3 Å². The number of halogens is 1. The normalized spacial score (nSPS) is 25.9. The van der Waals surface area contributed by atoms with Crippen LogP contribution in [0.5, 0.6) is 0 Å². The number of carbonyl (C=O) groups is 1. The Morgan fingerprint density at radius 3 is 2.35 bits per heavy atom. The van der Waals surface area contributed by atoms with Crippen LogP contribution in [-0.4, -0.2) is 37.5 Å². The molecule has 17 heavy (non-hydrogen) atoms. The third-order valence-electron chi connectivity index (χ3n) is 3.81. The lowest BCUT2D eigenvalue weighted by molar-refractivity contribution is -0.136. The molecular formula is C13H27ClN2O. The molecule has 0 heterocycles. The van der Waals surface area contributed by atoms with Crippen LogP contribution in [-0.2, 0) is 4.79 Å². The summed E-state index contributed by atoms with van der Waals surface area (Å²) in [7, 11) is 3.86. The van der Waals surface area contributed by atoms with Gasteiger partial charge in [-0.25, -0.2) is 0 Å². The first-order valence-electron chi connectivity index (χ1n) is 6.47. The summed E-state index contributed by atoms with van der Waals surface area (Å²) in [6, 6.07) is 0.475. The second kappa shape index (κ2) is 7.93. The molecule has 0 radical (unpaired) electrons. The number of nitrogens with one attached hydrogen (secondary N) is 1. The summed E-state index contributed by atoms with van der Waals surface area (Å²) in [5.74, 6) is 1.22. The Morgan fingerprint density at radius 2 is 1.88 bits per heavy atom. The number of amides is 1. The van der Waals surface area contributed by atoms with Crippen LogP contribution in [0, 0.1) is 11.8 Å². The van der Waals surface area contributed by atoms with E-state index in [1.165, 1.54) is 25.7 Å². The van der Waals surface area contributed by atoms with E-state index in [0.29, 0.717) is 6.04 Å². The molecule has 1 aliphatic carbocycles. The number of rotatable bonds is 4. The van der Waals surface area contributed by atoms with Gasteiger partial charge in [0, 0.05) is 25.6 Å². The van der Waals surface area contributed by atoms with Gasteiger partial charge in [-0.1, -0.05) is 13.8 Å². The molecule has 0 aromatic heterocycles. The van der Waals surface area contributed by atoms with E-state index >= 15 is 0 Å². The predicted octanol–water partition coefficient (Wildman–Crippen LogP) is 2.30. The Morgan fingerprint density at radius 1 is 1.35 bits per heavy atom. The molecule has 0 aromatic carbocycles. The first-order chi connectivity index (χ1) is 7.56. The maximum Gasteiger partial charge on any atom is 0.226 e. The molecule has 1 rings (SSSR count). The lowest BCUT2D eigenvalue weighted by atomic mass is 9.86. The Bertz CT molecular complexity index is 227. The largest absolute Gasteiger partial charge is 0.343 e. The van der Waals surface area contributed by atoms with Crippen molar-refractivity contribution in [2.75, 3.05) is 20.6 Å². The average molecular weight is 263 g/mol. The van der Waals surface area contributed by atoms with Crippen molar-refractivity contribution in [3.63, 3.8) is 0 Å². The summed E-state index contributed by atoms with van der Waals surface area (Å²) in [6.45, 7) is 5.08. The second-order valence-corrected chi connectivity index (χ2v) is 5.32. The molecule has 4 heteroatoms. The van der Waals surface area contributed by atoms with E-state index in [2.05, 4.69) is 12.2 Å². The minimum atomic E-state index is 0. The molecule has 0 aliphatic heterocycles. The molecule has 0 bridgehead atoms. The quantitative estimate of drug-likeness (QED) is 0.843. The highest BCUT2D eigenvalue weighted by Crippen LogP contribution is 2.27. The zero-order chi connectivity index (χ0) is 12.1. The van der Waals surface area contributed by atoms with Gasteiger partial charge in [0.25, 0.3) is 0 Å². The summed E-state index contributed by atoms with van der Waals surface area (Å²) in [4.78, 5) is 14.1. The highest BCUT2D eigenvalue weighted by molar-refractivity contribution is 5.85. The van der Waals surface area contributed by atoms with E-state index in [1.807, 2.05) is 25.9 Å². The SMILES string of the molecule is CNCC(C)C(=O)N(C)C1CCC(C)CC1.Cl. The monoisotopic (exact) mass is 262 g/mol. The maximum absolute atomic E-state index is 12.1. The highest BCUT2D eigenvalue weighted by atomic mass is 35.5. The summed E-state index contributed by atoms with van der Waals surface area (Å²) >= 11 is 0. The van der Waals surface area contributed by atoms with Gasteiger partial charge in [0.05, 0.1) is 0 Å². The smallest absolute Gasteiger partial charge is 0.226 e. The fraction of sp³-hybridized carbons (Fsp3) is 0.923. The van der Waals surface area contributed by atoms with Crippen molar-refractivity contribution in [2.24, 2.45) is 11.8 Å². The van der Waals surface area contributed by atoms with Gasteiger partial charge in [-0.2, -0.15) is 0 Å². The molecule has 0 spiro atoms. The minimum Gasteiger partial charge on any atom is -0.343 e. The summed E-state index contributed by atoms with van der Waals surface area (Å²) < 4.78 is 0. The molecule has 1 aliphatic rings. The van der Waals surface area contributed by atoms with Gasteiger partial charge in [0.2, 0.25) is 5.91 Å². The number of carbonyl (C=O) groups excluding carboxylic acids is 1. The van der Waals surface area contributed by atoms with Crippen molar-refractivity contribution in [3.05, 3.63) is 0 Å². The van der Waals surface area contributed by atoms with Gasteiger partial charge >= 0.3 is 0 Å². The summed E-state index contributed by atoms with van der Waals surface area (Å²) in [5, 5.41) is 3.07. The fourth-order valence-electron chi connectivity index (χ4n) is 2.55. The van der Waals surface area contributed by atoms with Crippen molar-refractivity contribution in [1.29, 1.82) is 0 Å². The third-order valence-corrected chi connectivity index (χ3v) is 3.81. The molecule has 1 fully saturated rings. The van der Waals surface area contributed by atoms with E-state index in [1.54, 1.807) is 0 Å². The van der Waals surface area contributed by atoms with Crippen LogP contribution in [0.15, 0.2) is 0 Å². The van der Waals surface area contributed by atoms with Crippen LogP contribution in [0.3, 0.4) is 0 Å². The van der Waals surface area contributed by atoms with Crippen LogP contribution in [0.2, 0.25) is 0 Å². The number of hydrogen-bond acceptors (Lipinski definition) is 2. The molecule has 1 N–H and O–H groups in total. The Kier molecular flexibility index (Phi) is 7.80. The Balaban J connectivity index is 0.00000256.